The third-order valence-corrected chi connectivity index (χ3v) is 9.70. The highest BCUT2D eigenvalue weighted by atomic mass is 35.5. The number of piperidine rings is 1. The number of likely N-dealkylation sites (tertiary alicyclic amines) is 1. The van der Waals surface area contributed by atoms with E-state index in [9.17, 15) is 13.2 Å². The minimum atomic E-state index is -3.87. The van der Waals surface area contributed by atoms with Crippen LogP contribution in [0.3, 0.4) is 0 Å². The Morgan fingerprint density at radius 1 is 1.00 bits per heavy atom. The second-order valence-corrected chi connectivity index (χ2v) is 12.2. The molecule has 2 atom stereocenters. The van der Waals surface area contributed by atoms with Crippen LogP contribution in [0.4, 0.5) is 0 Å². The lowest BCUT2D eigenvalue weighted by molar-refractivity contribution is -0.126. The highest BCUT2D eigenvalue weighted by Crippen LogP contribution is 2.34. The third kappa shape index (κ3) is 7.00. The van der Waals surface area contributed by atoms with Crippen molar-refractivity contribution < 1.29 is 17.9 Å². The molecule has 2 aliphatic heterocycles. The first-order valence-electron chi connectivity index (χ1n) is 12.4. The zero-order chi connectivity index (χ0) is 25.5. The van der Waals surface area contributed by atoms with E-state index >= 15 is 0 Å². The van der Waals surface area contributed by atoms with E-state index < -0.39 is 10.0 Å². The lowest BCUT2D eigenvalue weighted by atomic mass is 9.97. The number of amides is 1. The van der Waals surface area contributed by atoms with E-state index in [-0.39, 0.29) is 40.1 Å². The van der Waals surface area contributed by atoms with Crippen LogP contribution in [0.25, 0.3) is 0 Å². The summed E-state index contributed by atoms with van der Waals surface area (Å²) in [5.41, 5.74) is 1.30. The number of nitrogens with zero attached hydrogens (tertiary/aromatic N) is 2. The molecule has 0 aromatic heterocycles. The minimum Gasteiger partial charge on any atom is -0.370 e. The molecule has 36 heavy (non-hydrogen) atoms. The van der Waals surface area contributed by atoms with Gasteiger partial charge in [0, 0.05) is 32.2 Å². The van der Waals surface area contributed by atoms with Crippen LogP contribution in [0, 0.1) is 5.92 Å². The highest BCUT2D eigenvalue weighted by Gasteiger charge is 2.37. The van der Waals surface area contributed by atoms with Gasteiger partial charge in [0.25, 0.3) is 0 Å². The summed E-state index contributed by atoms with van der Waals surface area (Å²) in [7, 11) is -3.87. The molecule has 0 saturated carbocycles. The van der Waals surface area contributed by atoms with Gasteiger partial charge in [-0.25, -0.2) is 8.42 Å². The zero-order valence-corrected chi connectivity index (χ0v) is 22.6. The molecule has 2 unspecified atom stereocenters. The summed E-state index contributed by atoms with van der Waals surface area (Å²) in [6.45, 7) is 3.97. The van der Waals surface area contributed by atoms with Gasteiger partial charge in [0.15, 0.2) is 0 Å². The first-order valence-corrected chi connectivity index (χ1v) is 14.6. The summed E-state index contributed by atoms with van der Waals surface area (Å²) >= 11 is 12.3. The Morgan fingerprint density at radius 2 is 1.72 bits per heavy atom. The Morgan fingerprint density at radius 3 is 2.47 bits per heavy atom. The van der Waals surface area contributed by atoms with Gasteiger partial charge < -0.3 is 10.1 Å². The molecule has 0 aliphatic carbocycles. The maximum atomic E-state index is 13.2. The molecule has 2 fully saturated rings. The molecule has 7 nitrogen and oxygen atoms in total. The van der Waals surface area contributed by atoms with Gasteiger partial charge in [-0.05, 0) is 55.8 Å². The molecule has 2 aromatic rings. The smallest absolute Gasteiger partial charge is 0.246 e. The summed E-state index contributed by atoms with van der Waals surface area (Å²) in [4.78, 5) is 14.8. The number of benzene rings is 2. The van der Waals surface area contributed by atoms with Crippen molar-refractivity contribution in [1.82, 2.24) is 14.5 Å². The Labute approximate surface area is 223 Å². The van der Waals surface area contributed by atoms with E-state index in [1.54, 1.807) is 6.07 Å². The van der Waals surface area contributed by atoms with Crippen LogP contribution in [0.5, 0.6) is 0 Å². The van der Waals surface area contributed by atoms with Gasteiger partial charge in [-0.3, -0.25) is 9.69 Å². The molecule has 2 heterocycles. The molecule has 2 saturated heterocycles. The number of sulfonamides is 1. The van der Waals surface area contributed by atoms with Crippen molar-refractivity contribution in [2.75, 3.05) is 39.4 Å². The van der Waals surface area contributed by atoms with E-state index in [4.69, 9.17) is 27.9 Å². The third-order valence-electron chi connectivity index (χ3n) is 6.79. The first-order chi connectivity index (χ1) is 17.3. The SMILES string of the molecule is O=C(COCC1CCCN1S(=O)(=O)c1c(Cl)cccc1Cl)NCC1CCCN(Cc2ccccc2)C1. The normalized spacial score (nSPS) is 21.5. The summed E-state index contributed by atoms with van der Waals surface area (Å²) in [6, 6.07) is 14.7. The second kappa shape index (κ2) is 12.7. The van der Waals surface area contributed by atoms with E-state index in [1.807, 2.05) is 6.07 Å². The van der Waals surface area contributed by atoms with Gasteiger partial charge in [0.1, 0.15) is 11.5 Å². The van der Waals surface area contributed by atoms with Crippen LogP contribution >= 0.6 is 23.2 Å². The number of halogens is 2. The van der Waals surface area contributed by atoms with Crippen molar-refractivity contribution in [3.8, 4) is 0 Å². The Hall–Kier alpha value is -1.68. The van der Waals surface area contributed by atoms with Crippen LogP contribution in [-0.4, -0.2) is 69.0 Å². The molecule has 0 radical (unpaired) electrons. The van der Waals surface area contributed by atoms with Crippen molar-refractivity contribution >= 4 is 39.1 Å². The average molecular weight is 555 g/mol. The Kier molecular flexibility index (Phi) is 9.66. The number of nitrogens with one attached hydrogen (secondary N) is 1. The van der Waals surface area contributed by atoms with Crippen molar-refractivity contribution in [3.63, 3.8) is 0 Å². The van der Waals surface area contributed by atoms with Crippen molar-refractivity contribution in [1.29, 1.82) is 0 Å². The van der Waals surface area contributed by atoms with E-state index in [2.05, 4.69) is 34.5 Å². The van der Waals surface area contributed by atoms with E-state index in [0.717, 1.165) is 32.5 Å². The number of rotatable bonds is 10. The molecule has 0 bridgehead atoms. The van der Waals surface area contributed by atoms with Gasteiger partial charge in [-0.15, -0.1) is 0 Å². The van der Waals surface area contributed by atoms with Gasteiger partial charge in [-0.1, -0.05) is 59.6 Å². The zero-order valence-electron chi connectivity index (χ0n) is 20.2. The molecular formula is C26H33Cl2N3O4S. The fourth-order valence-electron chi connectivity index (χ4n) is 5.04. The lowest BCUT2D eigenvalue weighted by Gasteiger charge is -2.32. The molecular weight excluding hydrogens is 521 g/mol. The minimum absolute atomic E-state index is 0.0771. The number of carbonyl (C=O) groups excluding carboxylic acids is 1. The van der Waals surface area contributed by atoms with E-state index in [0.29, 0.717) is 31.8 Å². The molecule has 1 amide bonds. The fourth-order valence-corrected chi connectivity index (χ4v) is 7.81. The molecule has 1 N–H and O–H groups in total. The monoisotopic (exact) mass is 553 g/mol. The topological polar surface area (TPSA) is 78.9 Å². The molecule has 2 aliphatic rings. The molecule has 0 spiro atoms. The molecule has 2 aromatic carbocycles. The fraction of sp³-hybridized carbons (Fsp3) is 0.500. The van der Waals surface area contributed by atoms with Crippen LogP contribution in [-0.2, 0) is 26.1 Å². The number of ether oxygens (including phenoxy) is 1. The predicted octanol–water partition coefficient (Wildman–Crippen LogP) is 4.19. The number of hydrogen-bond acceptors (Lipinski definition) is 5. The van der Waals surface area contributed by atoms with Crippen LogP contribution in [0.1, 0.15) is 31.2 Å². The first kappa shape index (κ1) is 27.4. The summed E-state index contributed by atoms with van der Waals surface area (Å²) < 4.78 is 33.5. The summed E-state index contributed by atoms with van der Waals surface area (Å²) in [5.74, 6) is 0.221. The Bertz CT molecular complexity index is 1110. The largest absolute Gasteiger partial charge is 0.370 e. The van der Waals surface area contributed by atoms with Gasteiger partial charge in [0.05, 0.1) is 16.7 Å². The van der Waals surface area contributed by atoms with Crippen molar-refractivity contribution in [3.05, 3.63) is 64.1 Å². The summed E-state index contributed by atoms with van der Waals surface area (Å²) in [5, 5.41) is 3.18. The maximum absolute atomic E-state index is 13.2. The maximum Gasteiger partial charge on any atom is 0.246 e. The lowest BCUT2D eigenvalue weighted by Crippen LogP contribution is -2.42. The highest BCUT2D eigenvalue weighted by molar-refractivity contribution is 7.89. The van der Waals surface area contributed by atoms with Gasteiger partial charge in [0.2, 0.25) is 15.9 Å². The van der Waals surface area contributed by atoms with E-state index in [1.165, 1.54) is 22.0 Å². The van der Waals surface area contributed by atoms with Crippen LogP contribution < -0.4 is 5.32 Å². The standard InChI is InChI=1S/C26H33Cl2N3O4S/c27-23-11-4-12-24(28)26(23)36(33,34)31-14-6-10-22(31)18-35-19-25(32)29-15-21-9-5-13-30(17-21)16-20-7-2-1-3-8-20/h1-4,7-8,11-12,21-22H,5-6,9-10,13-19H2,(H,29,32). The second-order valence-electron chi connectivity index (χ2n) is 9.51. The molecule has 10 heteroatoms. The summed E-state index contributed by atoms with van der Waals surface area (Å²) in [6.07, 6.45) is 3.57. The predicted molar refractivity (Wildman–Crippen MR) is 142 cm³/mol. The van der Waals surface area contributed by atoms with Crippen LogP contribution in [0.15, 0.2) is 53.4 Å². The van der Waals surface area contributed by atoms with Gasteiger partial charge >= 0.3 is 0 Å². The quantitative estimate of drug-likeness (QED) is 0.477. The Balaban J connectivity index is 1.21. The van der Waals surface area contributed by atoms with Crippen molar-refractivity contribution in [2.24, 2.45) is 5.92 Å². The van der Waals surface area contributed by atoms with Crippen molar-refractivity contribution in [2.45, 2.75) is 43.2 Å². The average Bonchev–Trinajstić information content (AvgIpc) is 3.33. The van der Waals surface area contributed by atoms with Gasteiger partial charge in [-0.2, -0.15) is 4.31 Å². The number of hydrogen-bond donors (Lipinski definition) is 1. The molecule has 196 valence electrons. The number of carbonyl (C=O) groups is 1. The van der Waals surface area contributed by atoms with Crippen LogP contribution in [0.2, 0.25) is 10.0 Å². The molecule has 4 rings (SSSR count).